The molecule has 5 nitrogen and oxygen atoms in total. The van der Waals surface area contributed by atoms with Crippen LogP contribution in [0.5, 0.6) is 0 Å². The van der Waals surface area contributed by atoms with Crippen molar-refractivity contribution >= 4 is 11.8 Å². The van der Waals surface area contributed by atoms with Crippen molar-refractivity contribution in [3.05, 3.63) is 24.6 Å². The van der Waals surface area contributed by atoms with E-state index in [-0.39, 0.29) is 17.2 Å². The smallest absolute Gasteiger partial charge is 0.360 e. The third kappa shape index (κ3) is 7.53. The van der Waals surface area contributed by atoms with Gasteiger partial charge in [0.15, 0.2) is 6.54 Å². The molecule has 25 heavy (non-hydrogen) atoms. The molecule has 2 atom stereocenters. The number of hydrogen-bond donors (Lipinski definition) is 2. The van der Waals surface area contributed by atoms with Crippen LogP contribution in [-0.4, -0.2) is 34.1 Å². The molecule has 2 unspecified atom stereocenters. The summed E-state index contributed by atoms with van der Waals surface area (Å²) in [6, 6.07) is 0. The van der Waals surface area contributed by atoms with Gasteiger partial charge in [-0.3, -0.25) is 5.73 Å². The molecule has 0 bridgehead atoms. The third-order valence-electron chi connectivity index (χ3n) is 4.82. The SMILES string of the molecule is CCCCCC/C=C/CCCCCC1=NC=C[N+]1(CC(=O)O)C(C)N. The van der Waals surface area contributed by atoms with Gasteiger partial charge in [0, 0.05) is 13.3 Å². The molecule has 0 aromatic heterocycles. The molecule has 5 heteroatoms. The standard InChI is InChI=1S/C20H35N3O2/c1-3-4-5-6-7-8-9-10-11-12-13-14-19-22-15-16-23(19,18(2)21)17-20(24)25/h8-9,15-16,18H,3-7,10-14,17,21H2,1-2H3/p+1/b9-8+. The van der Waals surface area contributed by atoms with E-state index >= 15 is 0 Å². The van der Waals surface area contributed by atoms with Gasteiger partial charge in [0.1, 0.15) is 12.4 Å². The van der Waals surface area contributed by atoms with Gasteiger partial charge in [-0.2, -0.15) is 0 Å². The average molecular weight is 351 g/mol. The molecule has 142 valence electrons. The fraction of sp³-hybridized carbons (Fsp3) is 0.700. The van der Waals surface area contributed by atoms with Crippen molar-refractivity contribution in [1.29, 1.82) is 0 Å². The first kappa shape index (κ1) is 21.6. The minimum Gasteiger partial charge on any atom is -0.477 e. The molecule has 0 radical (unpaired) electrons. The summed E-state index contributed by atoms with van der Waals surface area (Å²) in [6.07, 6.45) is 19.6. The van der Waals surface area contributed by atoms with E-state index in [1.807, 2.05) is 13.1 Å². The lowest BCUT2D eigenvalue weighted by Gasteiger charge is -2.34. The molecule has 1 aliphatic heterocycles. The summed E-state index contributed by atoms with van der Waals surface area (Å²) in [4.78, 5) is 15.6. The number of allylic oxidation sites excluding steroid dienone is 2. The highest BCUT2D eigenvalue weighted by molar-refractivity contribution is 5.81. The number of nitrogens with zero attached hydrogens (tertiary/aromatic N) is 2. The van der Waals surface area contributed by atoms with Crippen molar-refractivity contribution in [2.45, 2.75) is 84.2 Å². The summed E-state index contributed by atoms with van der Waals surface area (Å²) in [6.45, 7) is 4.05. The molecule has 1 aliphatic rings. The van der Waals surface area contributed by atoms with Crippen molar-refractivity contribution in [3.63, 3.8) is 0 Å². The first-order valence-corrected chi connectivity index (χ1v) is 9.77. The van der Waals surface area contributed by atoms with E-state index in [4.69, 9.17) is 5.73 Å². The summed E-state index contributed by atoms with van der Waals surface area (Å²) in [7, 11) is 0. The Balaban J connectivity index is 2.23. The Hall–Kier alpha value is -1.46. The highest BCUT2D eigenvalue weighted by Crippen LogP contribution is 2.23. The van der Waals surface area contributed by atoms with Crippen molar-refractivity contribution in [2.75, 3.05) is 6.54 Å². The average Bonchev–Trinajstić information content (AvgIpc) is 2.96. The summed E-state index contributed by atoms with van der Waals surface area (Å²) in [5, 5.41) is 9.20. The van der Waals surface area contributed by atoms with Gasteiger partial charge in [-0.25, -0.2) is 14.3 Å². The Kier molecular flexibility index (Phi) is 10.3. The lowest BCUT2D eigenvalue weighted by Crippen LogP contribution is -2.59. The van der Waals surface area contributed by atoms with E-state index in [2.05, 4.69) is 24.1 Å². The van der Waals surface area contributed by atoms with Crippen LogP contribution in [0.2, 0.25) is 0 Å². The first-order valence-electron chi connectivity index (χ1n) is 9.77. The first-order chi connectivity index (χ1) is 12.0. The Morgan fingerprint density at radius 3 is 2.40 bits per heavy atom. The zero-order valence-corrected chi connectivity index (χ0v) is 16.0. The molecule has 0 fully saturated rings. The zero-order valence-electron chi connectivity index (χ0n) is 16.0. The Morgan fingerprint density at radius 2 is 1.84 bits per heavy atom. The van der Waals surface area contributed by atoms with Gasteiger partial charge >= 0.3 is 5.97 Å². The van der Waals surface area contributed by atoms with Crippen LogP contribution in [0.4, 0.5) is 0 Å². The largest absolute Gasteiger partial charge is 0.477 e. The van der Waals surface area contributed by atoms with E-state index < -0.39 is 5.97 Å². The molecular weight excluding hydrogens is 314 g/mol. The quantitative estimate of drug-likeness (QED) is 0.274. The van der Waals surface area contributed by atoms with Crippen LogP contribution in [0.3, 0.4) is 0 Å². The van der Waals surface area contributed by atoms with Crippen molar-refractivity contribution in [1.82, 2.24) is 0 Å². The summed E-state index contributed by atoms with van der Waals surface area (Å²) < 4.78 is 0.160. The van der Waals surface area contributed by atoms with E-state index in [1.54, 1.807) is 6.20 Å². The second-order valence-electron chi connectivity index (χ2n) is 6.99. The van der Waals surface area contributed by atoms with Crippen LogP contribution < -0.4 is 5.73 Å². The van der Waals surface area contributed by atoms with E-state index in [0.29, 0.717) is 0 Å². The number of carbonyl (C=O) groups is 1. The Bertz CT molecular complexity index is 483. The van der Waals surface area contributed by atoms with Gasteiger partial charge in [-0.1, -0.05) is 44.8 Å². The molecule has 1 heterocycles. The number of unbranched alkanes of at least 4 members (excludes halogenated alkanes) is 7. The summed E-state index contributed by atoms with van der Waals surface area (Å²) >= 11 is 0. The maximum atomic E-state index is 11.2. The molecular formula is C20H36N3O2+. The molecule has 3 N–H and O–H groups in total. The monoisotopic (exact) mass is 350 g/mol. The predicted octanol–water partition coefficient (Wildman–Crippen LogP) is 4.55. The van der Waals surface area contributed by atoms with E-state index in [9.17, 15) is 9.90 Å². The van der Waals surface area contributed by atoms with E-state index in [0.717, 1.165) is 31.5 Å². The highest BCUT2D eigenvalue weighted by atomic mass is 16.4. The summed E-state index contributed by atoms with van der Waals surface area (Å²) in [5.74, 6) is 0.0319. The Labute approximate surface area is 152 Å². The normalized spacial score (nSPS) is 21.0. The van der Waals surface area contributed by atoms with Crippen molar-refractivity contribution in [2.24, 2.45) is 10.7 Å². The van der Waals surface area contributed by atoms with E-state index in [1.165, 1.54) is 38.5 Å². The fourth-order valence-corrected chi connectivity index (χ4v) is 3.23. The molecule has 0 amide bonds. The number of rotatable bonds is 14. The number of carboxylic acids is 1. The van der Waals surface area contributed by atoms with Gasteiger partial charge in [0.2, 0.25) is 5.84 Å². The molecule has 0 aromatic rings. The number of aliphatic imine (C=N–C) groups is 1. The minimum absolute atomic E-state index is 0.0340. The van der Waals surface area contributed by atoms with Crippen LogP contribution in [0.15, 0.2) is 29.5 Å². The second kappa shape index (κ2) is 12.0. The molecule has 0 saturated heterocycles. The number of aliphatic carboxylic acids is 1. The third-order valence-corrected chi connectivity index (χ3v) is 4.82. The number of hydrogen-bond acceptors (Lipinski definition) is 3. The Morgan fingerprint density at radius 1 is 1.20 bits per heavy atom. The van der Waals surface area contributed by atoms with Crippen LogP contribution in [0, 0.1) is 0 Å². The van der Waals surface area contributed by atoms with Gasteiger partial charge < -0.3 is 5.11 Å². The second-order valence-corrected chi connectivity index (χ2v) is 6.99. The molecule has 0 saturated carbocycles. The maximum absolute atomic E-state index is 11.2. The van der Waals surface area contributed by atoms with Gasteiger partial charge in [-0.05, 0) is 32.1 Å². The van der Waals surface area contributed by atoms with Crippen LogP contribution in [0.1, 0.15) is 78.1 Å². The lowest BCUT2D eigenvalue weighted by atomic mass is 10.1. The van der Waals surface area contributed by atoms with Gasteiger partial charge in [-0.15, -0.1) is 0 Å². The molecule has 0 aliphatic carbocycles. The lowest BCUT2D eigenvalue weighted by molar-refractivity contribution is -0.805. The van der Waals surface area contributed by atoms with Crippen LogP contribution >= 0.6 is 0 Å². The fourth-order valence-electron chi connectivity index (χ4n) is 3.23. The molecule has 0 spiro atoms. The van der Waals surface area contributed by atoms with Crippen molar-refractivity contribution in [3.8, 4) is 0 Å². The molecule has 1 rings (SSSR count). The number of nitrogens with two attached hydrogens (primary N) is 1. The molecule has 0 aromatic carbocycles. The van der Waals surface area contributed by atoms with Crippen LogP contribution in [-0.2, 0) is 4.79 Å². The van der Waals surface area contributed by atoms with Gasteiger partial charge in [0.25, 0.3) is 0 Å². The maximum Gasteiger partial charge on any atom is 0.360 e. The predicted molar refractivity (Wildman–Crippen MR) is 104 cm³/mol. The van der Waals surface area contributed by atoms with Crippen molar-refractivity contribution < 1.29 is 14.4 Å². The highest BCUT2D eigenvalue weighted by Gasteiger charge is 2.40. The van der Waals surface area contributed by atoms with Crippen LogP contribution in [0.25, 0.3) is 0 Å². The summed E-state index contributed by atoms with van der Waals surface area (Å²) in [5.41, 5.74) is 6.07. The number of amidine groups is 1. The minimum atomic E-state index is -0.847. The van der Waals surface area contributed by atoms with Gasteiger partial charge in [0.05, 0.1) is 6.20 Å². The topological polar surface area (TPSA) is 75.7 Å². The number of carboxylic acid groups (broad SMARTS) is 1. The number of quaternary nitrogens is 1. The zero-order chi connectivity index (χ0) is 18.5.